The van der Waals surface area contributed by atoms with Crippen LogP contribution in [0.15, 0.2) is 122 Å². The molecular weight excluding hydrogens is 973 g/mol. The van der Waals surface area contributed by atoms with Crippen LogP contribution in [0.25, 0.3) is 0 Å². The van der Waals surface area contributed by atoms with E-state index >= 15 is 0 Å². The molecule has 0 heterocycles. The van der Waals surface area contributed by atoms with Gasteiger partial charge in [0, 0.05) is 19.3 Å². The molecule has 0 aliphatic heterocycles. The van der Waals surface area contributed by atoms with Gasteiger partial charge in [-0.3, -0.25) is 14.4 Å². The average molecular weight is 1100 g/mol. The molecule has 0 saturated carbocycles. The molecule has 1 unspecified atom stereocenters. The minimum Gasteiger partial charge on any atom is -0.462 e. The number of hydrogen-bond donors (Lipinski definition) is 0. The van der Waals surface area contributed by atoms with Gasteiger partial charge in [0.15, 0.2) is 6.10 Å². The first-order valence-electron chi connectivity index (χ1n) is 33.0. The molecule has 0 amide bonds. The smallest absolute Gasteiger partial charge is 0.306 e. The normalized spacial score (nSPS) is 12.9. The molecule has 0 aliphatic rings. The molecule has 0 aromatic heterocycles. The van der Waals surface area contributed by atoms with E-state index in [1.165, 1.54) is 122 Å². The summed E-state index contributed by atoms with van der Waals surface area (Å²) >= 11 is 0. The number of hydrogen-bond acceptors (Lipinski definition) is 6. The van der Waals surface area contributed by atoms with Crippen LogP contribution < -0.4 is 0 Å². The molecule has 6 heteroatoms. The SMILES string of the molecule is CC/C=C\C/C=C\C/C=C\C/C=C\C/C=C\C/C=C\CCCCCCCCCCC(=O)OCC(COC(=O)CCCCCCCCCCCCCCCCCCC)OC(=O)CCCCCC/C=C\C/C=C\C/C=C\C/C=C\CC. The Morgan fingerprint density at radius 1 is 0.266 bits per heavy atom. The highest BCUT2D eigenvalue weighted by Crippen LogP contribution is 2.16. The second-order valence-corrected chi connectivity index (χ2v) is 21.6. The molecule has 0 fully saturated rings. The summed E-state index contributed by atoms with van der Waals surface area (Å²) in [6, 6.07) is 0. The van der Waals surface area contributed by atoms with E-state index in [-0.39, 0.29) is 31.1 Å². The van der Waals surface area contributed by atoms with Crippen molar-refractivity contribution in [3.63, 3.8) is 0 Å². The number of carbonyl (C=O) groups excluding carboxylic acids is 3. The lowest BCUT2D eigenvalue weighted by molar-refractivity contribution is -0.167. The van der Waals surface area contributed by atoms with Gasteiger partial charge >= 0.3 is 17.9 Å². The summed E-state index contributed by atoms with van der Waals surface area (Å²) in [5.41, 5.74) is 0. The lowest BCUT2D eigenvalue weighted by atomic mass is 10.0. The van der Waals surface area contributed by atoms with E-state index in [4.69, 9.17) is 14.2 Å². The molecule has 0 radical (unpaired) electrons. The fourth-order valence-electron chi connectivity index (χ4n) is 9.09. The van der Waals surface area contributed by atoms with Gasteiger partial charge in [-0.1, -0.05) is 296 Å². The summed E-state index contributed by atoms with van der Waals surface area (Å²) < 4.78 is 16.9. The molecule has 0 aliphatic carbocycles. The molecule has 0 spiro atoms. The second kappa shape index (κ2) is 66.3. The van der Waals surface area contributed by atoms with Crippen molar-refractivity contribution in [2.75, 3.05) is 13.2 Å². The van der Waals surface area contributed by atoms with Crippen LogP contribution in [0.3, 0.4) is 0 Å². The summed E-state index contributed by atoms with van der Waals surface area (Å²) in [6.45, 7) is 6.41. The second-order valence-electron chi connectivity index (χ2n) is 21.6. The third-order valence-corrected chi connectivity index (χ3v) is 14.0. The first-order valence-corrected chi connectivity index (χ1v) is 33.0. The van der Waals surface area contributed by atoms with Crippen molar-refractivity contribution in [3.8, 4) is 0 Å². The Morgan fingerprint density at radius 2 is 0.494 bits per heavy atom. The summed E-state index contributed by atoms with van der Waals surface area (Å²) in [5.74, 6) is -0.914. The summed E-state index contributed by atoms with van der Waals surface area (Å²) in [5, 5.41) is 0. The molecule has 6 nitrogen and oxygen atoms in total. The Balaban J connectivity index is 4.39. The topological polar surface area (TPSA) is 78.9 Å². The molecule has 0 aromatic rings. The molecule has 79 heavy (non-hydrogen) atoms. The van der Waals surface area contributed by atoms with E-state index < -0.39 is 6.10 Å². The van der Waals surface area contributed by atoms with Gasteiger partial charge in [-0.05, 0) is 109 Å². The van der Waals surface area contributed by atoms with Crippen LogP contribution in [0.5, 0.6) is 0 Å². The van der Waals surface area contributed by atoms with Gasteiger partial charge in [0.2, 0.25) is 0 Å². The van der Waals surface area contributed by atoms with Gasteiger partial charge in [0.05, 0.1) is 0 Å². The van der Waals surface area contributed by atoms with Gasteiger partial charge in [-0.25, -0.2) is 0 Å². The van der Waals surface area contributed by atoms with Gasteiger partial charge in [-0.15, -0.1) is 0 Å². The Hall–Kier alpha value is -4.19. The number of esters is 3. The summed E-state index contributed by atoms with van der Waals surface area (Å²) in [4.78, 5) is 38.4. The molecule has 0 bridgehead atoms. The monoisotopic (exact) mass is 1090 g/mol. The van der Waals surface area contributed by atoms with Gasteiger partial charge in [0.25, 0.3) is 0 Å². The predicted molar refractivity (Wildman–Crippen MR) is 343 cm³/mol. The van der Waals surface area contributed by atoms with Crippen LogP contribution in [0.4, 0.5) is 0 Å². The van der Waals surface area contributed by atoms with Crippen molar-refractivity contribution in [2.45, 2.75) is 309 Å². The maximum Gasteiger partial charge on any atom is 0.306 e. The zero-order valence-corrected chi connectivity index (χ0v) is 51.6. The molecule has 0 aromatic carbocycles. The fourth-order valence-corrected chi connectivity index (χ4v) is 9.09. The fraction of sp³-hybridized carbons (Fsp3) is 0.685. The lowest BCUT2D eigenvalue weighted by Crippen LogP contribution is -2.30. The average Bonchev–Trinajstić information content (AvgIpc) is 3.45. The Morgan fingerprint density at radius 3 is 0.772 bits per heavy atom. The van der Waals surface area contributed by atoms with Crippen molar-refractivity contribution in [1.82, 2.24) is 0 Å². The maximum absolute atomic E-state index is 12.9. The van der Waals surface area contributed by atoms with Crippen LogP contribution in [0.2, 0.25) is 0 Å². The quantitative estimate of drug-likeness (QED) is 0.0261. The van der Waals surface area contributed by atoms with Crippen molar-refractivity contribution >= 4 is 17.9 Å². The molecule has 450 valence electrons. The number of allylic oxidation sites excluding steroid dienone is 20. The van der Waals surface area contributed by atoms with Crippen LogP contribution >= 0.6 is 0 Å². The first kappa shape index (κ1) is 74.8. The minimum absolute atomic E-state index is 0.0902. The third kappa shape index (κ3) is 64.5. The largest absolute Gasteiger partial charge is 0.462 e. The van der Waals surface area contributed by atoms with E-state index in [2.05, 4.69) is 142 Å². The Labute approximate surface area is 488 Å². The van der Waals surface area contributed by atoms with Gasteiger partial charge in [0.1, 0.15) is 13.2 Å². The highest BCUT2D eigenvalue weighted by molar-refractivity contribution is 5.71. The molecule has 0 N–H and O–H groups in total. The number of carbonyl (C=O) groups is 3. The van der Waals surface area contributed by atoms with Crippen molar-refractivity contribution in [3.05, 3.63) is 122 Å². The summed E-state index contributed by atoms with van der Waals surface area (Å²) in [6.07, 6.45) is 92.0. The number of unbranched alkanes of at least 4 members (excludes halogenated alkanes) is 28. The standard InChI is InChI=1S/C73H122O6/c1-4-7-10-13-16-19-22-25-28-31-32-33-34-35-36-37-38-39-40-43-45-48-51-54-57-60-63-66-72(75)78-69-70(79-73(76)67-64-61-58-55-52-49-46-42-30-27-24-21-18-15-12-9-6-3)68-77-71(74)65-62-59-56-53-50-47-44-41-29-26-23-20-17-14-11-8-5-2/h7,9-10,12,16,18-19,21,25,27-28,30,32-33,35-36,38-39,46,49,70H,4-6,8,11,13-15,17,20,22-24,26,29,31,34,37,40-45,47-48,50-69H2,1-3H3/b10-7-,12-9-,19-16-,21-18-,28-25-,30-27-,33-32-,36-35-,39-38-,49-46-. The molecule has 0 saturated heterocycles. The minimum atomic E-state index is -0.798. The van der Waals surface area contributed by atoms with Crippen LogP contribution in [-0.4, -0.2) is 37.2 Å². The van der Waals surface area contributed by atoms with E-state index in [1.807, 2.05) is 0 Å². The summed E-state index contributed by atoms with van der Waals surface area (Å²) in [7, 11) is 0. The van der Waals surface area contributed by atoms with E-state index in [0.717, 1.165) is 141 Å². The van der Waals surface area contributed by atoms with Crippen molar-refractivity contribution in [1.29, 1.82) is 0 Å². The van der Waals surface area contributed by atoms with Crippen LogP contribution in [0.1, 0.15) is 303 Å². The lowest BCUT2D eigenvalue weighted by Gasteiger charge is -2.18. The zero-order valence-electron chi connectivity index (χ0n) is 51.6. The van der Waals surface area contributed by atoms with E-state index in [9.17, 15) is 14.4 Å². The number of ether oxygens (including phenoxy) is 3. The zero-order chi connectivity index (χ0) is 57.1. The van der Waals surface area contributed by atoms with E-state index in [0.29, 0.717) is 19.3 Å². The predicted octanol–water partition coefficient (Wildman–Crippen LogP) is 22.8. The number of rotatable bonds is 59. The molecule has 0 rings (SSSR count). The first-order chi connectivity index (χ1) is 39.0. The Bertz CT molecular complexity index is 1640. The van der Waals surface area contributed by atoms with Gasteiger partial charge < -0.3 is 14.2 Å². The van der Waals surface area contributed by atoms with Crippen molar-refractivity contribution in [2.24, 2.45) is 0 Å². The van der Waals surface area contributed by atoms with Crippen LogP contribution in [0, 0.1) is 0 Å². The molecule has 1 atom stereocenters. The highest BCUT2D eigenvalue weighted by atomic mass is 16.6. The van der Waals surface area contributed by atoms with E-state index in [1.54, 1.807) is 0 Å². The van der Waals surface area contributed by atoms with Crippen molar-refractivity contribution < 1.29 is 28.6 Å². The Kier molecular flexibility index (Phi) is 62.8. The molecular formula is C73H122O6. The maximum atomic E-state index is 12.9. The highest BCUT2D eigenvalue weighted by Gasteiger charge is 2.19. The third-order valence-electron chi connectivity index (χ3n) is 14.0. The van der Waals surface area contributed by atoms with Crippen LogP contribution in [-0.2, 0) is 28.6 Å². The van der Waals surface area contributed by atoms with Gasteiger partial charge in [-0.2, -0.15) is 0 Å².